The zero-order valence-electron chi connectivity index (χ0n) is 10.4. The van der Waals surface area contributed by atoms with Gasteiger partial charge >= 0.3 is 6.09 Å². The molecule has 2 rings (SSSR count). The molecule has 0 aliphatic rings. The quantitative estimate of drug-likeness (QED) is 0.787. The van der Waals surface area contributed by atoms with Gasteiger partial charge in [-0.25, -0.2) is 4.79 Å². The molecule has 2 aromatic rings. The highest BCUT2D eigenvalue weighted by molar-refractivity contribution is 5.65. The van der Waals surface area contributed by atoms with Gasteiger partial charge in [0.15, 0.2) is 0 Å². The highest BCUT2D eigenvalue weighted by Crippen LogP contribution is 2.26. The van der Waals surface area contributed by atoms with Crippen molar-refractivity contribution in [1.82, 2.24) is 5.32 Å². The van der Waals surface area contributed by atoms with Crippen LogP contribution >= 0.6 is 0 Å². The summed E-state index contributed by atoms with van der Waals surface area (Å²) in [6, 6.07) is 17.9. The Morgan fingerprint density at radius 2 is 1.42 bits per heavy atom. The van der Waals surface area contributed by atoms with Gasteiger partial charge in [0.05, 0.1) is 12.1 Å². The normalized spacial score (nSPS) is 13.5. The summed E-state index contributed by atoms with van der Waals surface area (Å²) < 4.78 is 0. The van der Waals surface area contributed by atoms with Crippen LogP contribution in [0.2, 0.25) is 0 Å². The number of benzene rings is 2. The number of carboxylic acid groups (broad SMARTS) is 1. The van der Waals surface area contributed by atoms with Gasteiger partial charge in [-0.1, -0.05) is 60.7 Å². The van der Waals surface area contributed by atoms with Gasteiger partial charge in [-0.15, -0.1) is 0 Å². The molecule has 0 bridgehead atoms. The molecule has 2 atom stereocenters. The van der Waals surface area contributed by atoms with E-state index in [0.717, 1.165) is 11.1 Å². The Kier molecular flexibility index (Phi) is 4.15. The van der Waals surface area contributed by atoms with Crippen molar-refractivity contribution in [2.45, 2.75) is 12.1 Å². The zero-order valence-corrected chi connectivity index (χ0v) is 10.4. The fourth-order valence-corrected chi connectivity index (χ4v) is 2.04. The van der Waals surface area contributed by atoms with Gasteiger partial charge in [0, 0.05) is 0 Å². The summed E-state index contributed by atoms with van der Waals surface area (Å²) in [7, 11) is 0. The van der Waals surface area contributed by atoms with E-state index in [-0.39, 0.29) is 0 Å². The number of rotatable bonds is 4. The van der Waals surface area contributed by atoms with Gasteiger partial charge in [-0.05, 0) is 11.1 Å². The van der Waals surface area contributed by atoms with Crippen molar-refractivity contribution in [3.05, 3.63) is 71.8 Å². The molecule has 0 spiro atoms. The number of amides is 1. The Morgan fingerprint density at radius 1 is 0.947 bits per heavy atom. The van der Waals surface area contributed by atoms with E-state index in [1.807, 2.05) is 60.7 Å². The Bertz CT molecular complexity index is 528. The lowest BCUT2D eigenvalue weighted by molar-refractivity contribution is 0.187. The third kappa shape index (κ3) is 3.33. The van der Waals surface area contributed by atoms with E-state index in [1.165, 1.54) is 0 Å². The summed E-state index contributed by atoms with van der Waals surface area (Å²) in [5.74, 6) is 0. The Labute approximate surface area is 111 Å². The van der Waals surface area contributed by atoms with Gasteiger partial charge in [0.25, 0.3) is 0 Å². The molecule has 0 aliphatic heterocycles. The van der Waals surface area contributed by atoms with Gasteiger partial charge in [-0.2, -0.15) is 0 Å². The van der Waals surface area contributed by atoms with Crippen LogP contribution in [0, 0.1) is 0 Å². The molecule has 98 valence electrons. The van der Waals surface area contributed by atoms with E-state index in [1.54, 1.807) is 0 Å². The zero-order chi connectivity index (χ0) is 13.7. The van der Waals surface area contributed by atoms with Gasteiger partial charge in [0.1, 0.15) is 0 Å². The van der Waals surface area contributed by atoms with Crippen LogP contribution in [-0.4, -0.2) is 11.2 Å². The molecular formula is C15H16N2O2. The van der Waals surface area contributed by atoms with Crippen LogP contribution in [0.25, 0.3) is 0 Å². The van der Waals surface area contributed by atoms with E-state index < -0.39 is 18.2 Å². The molecule has 0 aliphatic carbocycles. The Balaban J connectivity index is 2.30. The first-order valence-electron chi connectivity index (χ1n) is 6.03. The molecule has 4 N–H and O–H groups in total. The van der Waals surface area contributed by atoms with Gasteiger partial charge in [-0.3, -0.25) is 0 Å². The van der Waals surface area contributed by atoms with Crippen molar-refractivity contribution >= 4 is 6.09 Å². The minimum absolute atomic E-state index is 0.431. The molecule has 0 saturated heterocycles. The number of carbonyl (C=O) groups is 1. The monoisotopic (exact) mass is 256 g/mol. The summed E-state index contributed by atoms with van der Waals surface area (Å²) in [4.78, 5) is 11.0. The molecule has 0 radical (unpaired) electrons. The van der Waals surface area contributed by atoms with Gasteiger partial charge in [0.2, 0.25) is 0 Å². The summed E-state index contributed by atoms with van der Waals surface area (Å²) in [5.41, 5.74) is 7.94. The summed E-state index contributed by atoms with van der Waals surface area (Å²) in [6.45, 7) is 0. The molecule has 1 amide bonds. The molecule has 4 heteroatoms. The predicted octanol–water partition coefficient (Wildman–Crippen LogP) is 2.70. The van der Waals surface area contributed by atoms with Crippen molar-refractivity contribution < 1.29 is 9.90 Å². The van der Waals surface area contributed by atoms with Crippen molar-refractivity contribution in [2.24, 2.45) is 5.73 Å². The largest absolute Gasteiger partial charge is 0.465 e. The molecular weight excluding hydrogens is 240 g/mol. The number of nitrogens with two attached hydrogens (primary N) is 1. The highest BCUT2D eigenvalue weighted by Gasteiger charge is 2.22. The second-order valence-corrected chi connectivity index (χ2v) is 4.27. The first-order chi connectivity index (χ1) is 9.18. The van der Waals surface area contributed by atoms with Gasteiger partial charge < -0.3 is 16.2 Å². The molecule has 4 nitrogen and oxygen atoms in total. The van der Waals surface area contributed by atoms with Crippen molar-refractivity contribution in [2.75, 3.05) is 0 Å². The lowest BCUT2D eigenvalue weighted by Gasteiger charge is -2.24. The summed E-state index contributed by atoms with van der Waals surface area (Å²) in [5, 5.41) is 11.5. The first-order valence-corrected chi connectivity index (χ1v) is 6.03. The van der Waals surface area contributed by atoms with Crippen molar-refractivity contribution in [3.63, 3.8) is 0 Å². The number of hydrogen-bond donors (Lipinski definition) is 3. The molecule has 0 unspecified atom stereocenters. The molecule has 0 heterocycles. The third-order valence-corrected chi connectivity index (χ3v) is 2.98. The number of nitrogens with one attached hydrogen (secondary N) is 1. The maximum Gasteiger partial charge on any atom is 0.405 e. The van der Waals surface area contributed by atoms with E-state index in [4.69, 9.17) is 10.8 Å². The molecule has 2 aromatic carbocycles. The molecule has 0 fully saturated rings. The second-order valence-electron chi connectivity index (χ2n) is 4.27. The fourth-order valence-electron chi connectivity index (χ4n) is 2.04. The lowest BCUT2D eigenvalue weighted by Crippen LogP contribution is -2.35. The summed E-state index contributed by atoms with van der Waals surface area (Å²) in [6.07, 6.45) is -1.08. The minimum Gasteiger partial charge on any atom is -0.465 e. The first kappa shape index (κ1) is 13.1. The second kappa shape index (κ2) is 6.02. The summed E-state index contributed by atoms with van der Waals surface area (Å²) >= 11 is 0. The molecule has 0 aromatic heterocycles. The maximum atomic E-state index is 11.0. The Hall–Kier alpha value is -2.33. The van der Waals surface area contributed by atoms with E-state index >= 15 is 0 Å². The van der Waals surface area contributed by atoms with Crippen molar-refractivity contribution in [1.29, 1.82) is 0 Å². The van der Waals surface area contributed by atoms with Crippen LogP contribution in [0.5, 0.6) is 0 Å². The fraction of sp³-hybridized carbons (Fsp3) is 0.133. The highest BCUT2D eigenvalue weighted by atomic mass is 16.4. The van der Waals surface area contributed by atoms with Crippen LogP contribution in [-0.2, 0) is 0 Å². The predicted molar refractivity (Wildman–Crippen MR) is 73.7 cm³/mol. The van der Waals surface area contributed by atoms with Crippen LogP contribution in [0.15, 0.2) is 60.7 Å². The van der Waals surface area contributed by atoms with E-state index in [2.05, 4.69) is 5.32 Å². The maximum absolute atomic E-state index is 11.0. The van der Waals surface area contributed by atoms with E-state index in [9.17, 15) is 4.79 Å². The molecule has 0 saturated carbocycles. The SMILES string of the molecule is N[C@H](c1ccccc1)[C@H](NC(=O)O)c1ccccc1. The third-order valence-electron chi connectivity index (χ3n) is 2.98. The Morgan fingerprint density at radius 3 is 1.89 bits per heavy atom. The number of hydrogen-bond acceptors (Lipinski definition) is 2. The molecule has 19 heavy (non-hydrogen) atoms. The van der Waals surface area contributed by atoms with Crippen LogP contribution in [0.1, 0.15) is 23.2 Å². The standard InChI is InChI=1S/C15H16N2O2/c16-13(11-7-3-1-4-8-11)14(17-15(18)19)12-9-5-2-6-10-12/h1-10,13-14,17H,16H2,(H,18,19)/t13-,14-/m1/s1. The average Bonchev–Trinajstić information content (AvgIpc) is 2.46. The average molecular weight is 256 g/mol. The van der Waals surface area contributed by atoms with E-state index in [0.29, 0.717) is 0 Å². The lowest BCUT2D eigenvalue weighted by atomic mass is 9.94. The van der Waals surface area contributed by atoms with Crippen LogP contribution < -0.4 is 11.1 Å². The van der Waals surface area contributed by atoms with Crippen molar-refractivity contribution in [3.8, 4) is 0 Å². The minimum atomic E-state index is -1.08. The van der Waals surface area contributed by atoms with Crippen LogP contribution in [0.4, 0.5) is 4.79 Å². The smallest absolute Gasteiger partial charge is 0.405 e. The van der Waals surface area contributed by atoms with Crippen LogP contribution in [0.3, 0.4) is 0 Å². The topological polar surface area (TPSA) is 75.3 Å².